The summed E-state index contributed by atoms with van der Waals surface area (Å²) < 4.78 is 0. The molecule has 1 amide bonds. The van der Waals surface area contributed by atoms with Crippen molar-refractivity contribution in [2.75, 3.05) is 19.6 Å². The van der Waals surface area contributed by atoms with Gasteiger partial charge in [0.05, 0.1) is 0 Å². The number of amides is 1. The van der Waals surface area contributed by atoms with Gasteiger partial charge in [0.15, 0.2) is 0 Å². The zero-order valence-corrected chi connectivity index (χ0v) is 9.12. The molecule has 1 heterocycles. The predicted molar refractivity (Wildman–Crippen MR) is 56.9 cm³/mol. The second-order valence-electron chi connectivity index (χ2n) is 4.00. The highest BCUT2D eigenvalue weighted by molar-refractivity contribution is 5.80. The van der Waals surface area contributed by atoms with E-state index in [9.17, 15) is 4.79 Å². The van der Waals surface area contributed by atoms with E-state index >= 15 is 0 Å². The quantitative estimate of drug-likeness (QED) is 0.666. The highest BCUT2D eigenvalue weighted by Gasteiger charge is 2.29. The molecule has 2 unspecified atom stereocenters. The van der Waals surface area contributed by atoms with Crippen LogP contribution in [-0.2, 0) is 4.79 Å². The first kappa shape index (κ1) is 11.5. The fraction of sp³-hybridized carbons (Fsp3) is 0.900. The van der Waals surface area contributed by atoms with E-state index in [0.717, 1.165) is 25.9 Å². The van der Waals surface area contributed by atoms with Crippen LogP contribution in [0.25, 0.3) is 0 Å². The predicted octanol–water partition coefficient (Wildman–Crippen LogP) is -0.0659. The summed E-state index contributed by atoms with van der Waals surface area (Å²) in [4.78, 5) is 13.4. The summed E-state index contributed by atoms with van der Waals surface area (Å²) in [5.41, 5.74) is 5.37. The van der Waals surface area contributed by atoms with Gasteiger partial charge < -0.3 is 11.1 Å². The van der Waals surface area contributed by atoms with E-state index in [1.54, 1.807) is 0 Å². The molecular formula is C10H21N3O. The van der Waals surface area contributed by atoms with Crippen molar-refractivity contribution in [3.63, 3.8) is 0 Å². The molecule has 1 aliphatic heterocycles. The number of hydrogen-bond donors (Lipinski definition) is 2. The van der Waals surface area contributed by atoms with E-state index < -0.39 is 0 Å². The van der Waals surface area contributed by atoms with Crippen molar-refractivity contribution in [2.24, 2.45) is 5.73 Å². The fourth-order valence-electron chi connectivity index (χ4n) is 2.10. The Bertz CT molecular complexity index is 196. The summed E-state index contributed by atoms with van der Waals surface area (Å²) in [6.07, 6.45) is 2.28. The normalized spacial score (nSPS) is 26.0. The summed E-state index contributed by atoms with van der Waals surface area (Å²) in [5, 5.41) is 3.20. The molecule has 4 nitrogen and oxygen atoms in total. The third-order valence-corrected chi connectivity index (χ3v) is 2.89. The van der Waals surface area contributed by atoms with Gasteiger partial charge in [0.1, 0.15) is 6.04 Å². The highest BCUT2D eigenvalue weighted by atomic mass is 16.1. The molecule has 4 heteroatoms. The Morgan fingerprint density at radius 2 is 2.43 bits per heavy atom. The fourth-order valence-corrected chi connectivity index (χ4v) is 2.10. The molecule has 3 N–H and O–H groups in total. The van der Waals surface area contributed by atoms with E-state index in [1.165, 1.54) is 0 Å². The van der Waals surface area contributed by atoms with E-state index in [2.05, 4.69) is 24.1 Å². The van der Waals surface area contributed by atoms with Gasteiger partial charge >= 0.3 is 0 Å². The number of carbonyl (C=O) groups excluding carboxylic acids is 1. The van der Waals surface area contributed by atoms with Gasteiger partial charge in [-0.1, -0.05) is 13.3 Å². The maximum Gasteiger partial charge on any atom is 0.236 e. The lowest BCUT2D eigenvalue weighted by Crippen LogP contribution is -2.59. The molecule has 0 aliphatic carbocycles. The van der Waals surface area contributed by atoms with Gasteiger partial charge in [0.2, 0.25) is 5.91 Å². The molecule has 0 spiro atoms. The van der Waals surface area contributed by atoms with Crippen molar-refractivity contribution in [3.05, 3.63) is 0 Å². The van der Waals surface area contributed by atoms with Crippen LogP contribution in [0.15, 0.2) is 0 Å². The van der Waals surface area contributed by atoms with E-state index in [0.29, 0.717) is 12.6 Å². The number of nitrogens with one attached hydrogen (secondary N) is 1. The first-order valence-electron chi connectivity index (χ1n) is 5.42. The molecule has 0 aromatic heterocycles. The minimum atomic E-state index is -0.208. The van der Waals surface area contributed by atoms with Crippen LogP contribution in [0.5, 0.6) is 0 Å². The zero-order chi connectivity index (χ0) is 10.6. The monoisotopic (exact) mass is 199 g/mol. The summed E-state index contributed by atoms with van der Waals surface area (Å²) >= 11 is 0. The third-order valence-electron chi connectivity index (χ3n) is 2.89. The molecule has 82 valence electrons. The van der Waals surface area contributed by atoms with Crippen molar-refractivity contribution in [1.29, 1.82) is 0 Å². The van der Waals surface area contributed by atoms with Crippen molar-refractivity contribution in [1.82, 2.24) is 10.2 Å². The molecule has 0 aromatic carbocycles. The molecule has 1 fully saturated rings. The first-order valence-corrected chi connectivity index (χ1v) is 5.42. The van der Waals surface area contributed by atoms with Crippen molar-refractivity contribution < 1.29 is 4.79 Å². The maximum atomic E-state index is 11.2. The lowest BCUT2D eigenvalue weighted by molar-refractivity contribution is -0.124. The second kappa shape index (κ2) is 5.32. The van der Waals surface area contributed by atoms with E-state index in [1.807, 2.05) is 0 Å². The Kier molecular flexibility index (Phi) is 4.35. The zero-order valence-electron chi connectivity index (χ0n) is 9.12. The smallest absolute Gasteiger partial charge is 0.236 e. The van der Waals surface area contributed by atoms with Gasteiger partial charge in [0, 0.05) is 25.7 Å². The molecule has 0 bridgehead atoms. The van der Waals surface area contributed by atoms with Crippen LogP contribution in [-0.4, -0.2) is 42.5 Å². The average Bonchev–Trinajstić information content (AvgIpc) is 2.18. The SMILES string of the molecule is CCCC(C)N1CCNCC1C(N)=O. The molecule has 1 saturated heterocycles. The Balaban J connectivity index is 2.57. The number of rotatable bonds is 4. The van der Waals surface area contributed by atoms with Crippen LogP contribution >= 0.6 is 0 Å². The third kappa shape index (κ3) is 2.69. The summed E-state index contributed by atoms with van der Waals surface area (Å²) in [5.74, 6) is -0.208. The molecular weight excluding hydrogens is 178 g/mol. The molecule has 1 aliphatic rings. The van der Waals surface area contributed by atoms with Gasteiger partial charge in [-0.3, -0.25) is 9.69 Å². The minimum Gasteiger partial charge on any atom is -0.368 e. The maximum absolute atomic E-state index is 11.2. The van der Waals surface area contributed by atoms with Crippen LogP contribution < -0.4 is 11.1 Å². The van der Waals surface area contributed by atoms with Crippen molar-refractivity contribution >= 4 is 5.91 Å². The highest BCUT2D eigenvalue weighted by Crippen LogP contribution is 2.12. The first-order chi connectivity index (χ1) is 6.66. The van der Waals surface area contributed by atoms with Crippen LogP contribution in [0.2, 0.25) is 0 Å². The van der Waals surface area contributed by atoms with E-state index in [-0.39, 0.29) is 11.9 Å². The standard InChI is InChI=1S/C10H21N3O/c1-3-4-8(2)13-6-5-12-7-9(13)10(11)14/h8-9,12H,3-7H2,1-2H3,(H2,11,14). The van der Waals surface area contributed by atoms with Gasteiger partial charge in [-0.2, -0.15) is 0 Å². The van der Waals surface area contributed by atoms with Gasteiger partial charge in [0.25, 0.3) is 0 Å². The Morgan fingerprint density at radius 1 is 1.71 bits per heavy atom. The van der Waals surface area contributed by atoms with Crippen LogP contribution in [0.4, 0.5) is 0 Å². The summed E-state index contributed by atoms with van der Waals surface area (Å²) in [6.45, 7) is 6.92. The Morgan fingerprint density at radius 3 is 3.00 bits per heavy atom. The van der Waals surface area contributed by atoms with Gasteiger partial charge in [-0.15, -0.1) is 0 Å². The molecule has 14 heavy (non-hydrogen) atoms. The van der Waals surface area contributed by atoms with Gasteiger partial charge in [-0.25, -0.2) is 0 Å². The van der Waals surface area contributed by atoms with Crippen LogP contribution in [0.1, 0.15) is 26.7 Å². The average molecular weight is 199 g/mol. The number of carbonyl (C=O) groups is 1. The molecule has 0 saturated carbocycles. The number of primary amides is 1. The lowest BCUT2D eigenvalue weighted by Gasteiger charge is -2.38. The lowest BCUT2D eigenvalue weighted by atomic mass is 10.1. The largest absolute Gasteiger partial charge is 0.368 e. The number of nitrogens with zero attached hydrogens (tertiary/aromatic N) is 1. The molecule has 1 rings (SSSR count). The van der Waals surface area contributed by atoms with Crippen LogP contribution in [0.3, 0.4) is 0 Å². The Hall–Kier alpha value is -0.610. The number of nitrogens with two attached hydrogens (primary N) is 1. The summed E-state index contributed by atoms with van der Waals surface area (Å²) in [6, 6.07) is 0.338. The molecule has 0 radical (unpaired) electrons. The Labute approximate surface area is 85.8 Å². The summed E-state index contributed by atoms with van der Waals surface area (Å²) in [7, 11) is 0. The minimum absolute atomic E-state index is 0.120. The van der Waals surface area contributed by atoms with Crippen molar-refractivity contribution in [2.45, 2.75) is 38.8 Å². The van der Waals surface area contributed by atoms with Crippen LogP contribution in [0, 0.1) is 0 Å². The number of hydrogen-bond acceptors (Lipinski definition) is 3. The van der Waals surface area contributed by atoms with Gasteiger partial charge in [-0.05, 0) is 13.3 Å². The molecule has 2 atom stereocenters. The second-order valence-corrected chi connectivity index (χ2v) is 4.00. The number of piperazine rings is 1. The topological polar surface area (TPSA) is 58.4 Å². The molecule has 0 aromatic rings. The van der Waals surface area contributed by atoms with Crippen molar-refractivity contribution in [3.8, 4) is 0 Å². The van der Waals surface area contributed by atoms with E-state index in [4.69, 9.17) is 5.73 Å².